The molecule has 0 amide bonds. The van der Waals surface area contributed by atoms with Crippen LogP contribution in [-0.4, -0.2) is 23.9 Å². The van der Waals surface area contributed by atoms with Crippen molar-refractivity contribution >= 4 is 24.4 Å². The lowest BCUT2D eigenvalue weighted by Gasteiger charge is -2.16. The molecule has 0 saturated carbocycles. The van der Waals surface area contributed by atoms with Crippen molar-refractivity contribution in [3.63, 3.8) is 0 Å². The van der Waals surface area contributed by atoms with Gasteiger partial charge in [-0.1, -0.05) is 11.2 Å². The van der Waals surface area contributed by atoms with Crippen LogP contribution in [0, 0.1) is 0 Å². The molecule has 1 aromatic rings. The number of hydrogen-bond acceptors (Lipinski definition) is 6. The molecule has 0 spiro atoms. The molecule has 0 bridgehead atoms. The zero-order valence-corrected chi connectivity index (χ0v) is 10.8. The summed E-state index contributed by atoms with van der Waals surface area (Å²) in [6.45, 7) is 3.85. The molecule has 0 unspecified atom stereocenters. The van der Waals surface area contributed by atoms with E-state index in [1.807, 2.05) is 0 Å². The molecule has 0 aliphatic rings. The van der Waals surface area contributed by atoms with Crippen molar-refractivity contribution < 1.29 is 18.8 Å². The van der Waals surface area contributed by atoms with Gasteiger partial charge in [0.05, 0.1) is 18.1 Å². The highest BCUT2D eigenvalue weighted by Crippen LogP contribution is 2.52. The van der Waals surface area contributed by atoms with Gasteiger partial charge in [-0.05, 0) is 25.3 Å². The minimum absolute atomic E-state index is 0.0359. The average Bonchev–Trinajstić information content (AvgIpc) is 2.72. The second-order valence-corrected chi connectivity index (χ2v) is 5.62. The Kier molecular flexibility index (Phi) is 5.15. The third kappa shape index (κ3) is 2.92. The minimum Gasteiger partial charge on any atom is -0.410 e. The van der Waals surface area contributed by atoms with Gasteiger partial charge in [-0.15, -0.1) is 11.3 Å². The van der Waals surface area contributed by atoms with E-state index < -0.39 is 7.60 Å². The average molecular weight is 263 g/mol. The van der Waals surface area contributed by atoms with Crippen LogP contribution in [0.2, 0.25) is 0 Å². The van der Waals surface area contributed by atoms with Crippen LogP contribution in [0.1, 0.15) is 18.7 Å². The summed E-state index contributed by atoms with van der Waals surface area (Å²) in [7, 11) is -3.51. The molecule has 16 heavy (non-hydrogen) atoms. The number of rotatable bonds is 6. The first-order chi connectivity index (χ1) is 7.68. The Morgan fingerprint density at radius 3 is 2.50 bits per heavy atom. The summed E-state index contributed by atoms with van der Waals surface area (Å²) in [6.07, 6.45) is 0. The van der Waals surface area contributed by atoms with Gasteiger partial charge in [-0.3, -0.25) is 4.57 Å². The van der Waals surface area contributed by atoms with Crippen molar-refractivity contribution in [2.45, 2.75) is 13.8 Å². The molecular weight excluding hydrogens is 249 g/mol. The number of oxime groups is 1. The number of nitrogens with zero attached hydrogens (tertiary/aromatic N) is 1. The van der Waals surface area contributed by atoms with Gasteiger partial charge in [-0.25, -0.2) is 0 Å². The van der Waals surface area contributed by atoms with Gasteiger partial charge in [0.15, 0.2) is 0 Å². The molecule has 0 fully saturated rings. The quantitative estimate of drug-likeness (QED) is 0.370. The van der Waals surface area contributed by atoms with Crippen LogP contribution in [0.5, 0.6) is 0 Å². The van der Waals surface area contributed by atoms with Crippen molar-refractivity contribution in [2.75, 3.05) is 13.2 Å². The van der Waals surface area contributed by atoms with Crippen LogP contribution in [0.4, 0.5) is 0 Å². The van der Waals surface area contributed by atoms with Gasteiger partial charge in [0.2, 0.25) is 5.45 Å². The molecule has 0 aliphatic heterocycles. The Morgan fingerprint density at radius 2 is 2.12 bits per heavy atom. The molecule has 5 nitrogen and oxygen atoms in total. The summed E-state index contributed by atoms with van der Waals surface area (Å²) in [5, 5.41) is 13.8. The summed E-state index contributed by atoms with van der Waals surface area (Å²) in [6, 6.07) is 3.47. The van der Waals surface area contributed by atoms with E-state index in [0.29, 0.717) is 4.88 Å². The van der Waals surface area contributed by atoms with E-state index >= 15 is 0 Å². The largest absolute Gasteiger partial charge is 0.410 e. The van der Waals surface area contributed by atoms with E-state index in [0.717, 1.165) is 0 Å². The SMILES string of the molecule is CCOP(=O)(OCC)/C(=N/O)c1cccs1. The second-order valence-electron chi connectivity index (χ2n) is 2.73. The molecular formula is C9H14NO4PS. The van der Waals surface area contributed by atoms with E-state index in [1.54, 1.807) is 31.4 Å². The standard InChI is InChI=1S/C9H14NO4PS/c1-3-13-15(12,14-4-2)9(10-11)8-6-5-7-16-8/h5-7,11H,3-4H2,1-2H3/b10-9+. The Hall–Kier alpha value is -0.680. The lowest BCUT2D eigenvalue weighted by atomic mass is 10.5. The van der Waals surface area contributed by atoms with Crippen LogP contribution in [0.15, 0.2) is 22.7 Å². The first-order valence-electron chi connectivity index (χ1n) is 4.83. The topological polar surface area (TPSA) is 68.1 Å². The summed E-state index contributed by atoms with van der Waals surface area (Å²) >= 11 is 1.31. The van der Waals surface area contributed by atoms with Gasteiger partial charge in [-0.2, -0.15) is 0 Å². The molecule has 90 valence electrons. The van der Waals surface area contributed by atoms with E-state index in [9.17, 15) is 4.57 Å². The Bertz CT molecular complexity index is 380. The molecule has 7 heteroatoms. The first kappa shape index (κ1) is 13.4. The van der Waals surface area contributed by atoms with Crippen LogP contribution >= 0.6 is 18.9 Å². The van der Waals surface area contributed by atoms with Crippen molar-refractivity contribution in [3.05, 3.63) is 22.4 Å². The maximum absolute atomic E-state index is 12.3. The maximum atomic E-state index is 12.3. The molecule has 1 rings (SSSR count). The summed E-state index contributed by atoms with van der Waals surface area (Å²) < 4.78 is 22.5. The van der Waals surface area contributed by atoms with Crippen molar-refractivity contribution in [1.29, 1.82) is 0 Å². The third-order valence-electron chi connectivity index (χ3n) is 1.69. The van der Waals surface area contributed by atoms with E-state index in [-0.39, 0.29) is 18.7 Å². The van der Waals surface area contributed by atoms with Crippen LogP contribution < -0.4 is 0 Å². The van der Waals surface area contributed by atoms with Crippen molar-refractivity contribution in [3.8, 4) is 0 Å². The third-order valence-corrected chi connectivity index (χ3v) is 4.77. The maximum Gasteiger partial charge on any atom is 0.384 e. The van der Waals surface area contributed by atoms with E-state index in [1.165, 1.54) is 11.3 Å². The zero-order valence-electron chi connectivity index (χ0n) is 9.12. The Labute approximate surface area is 98.2 Å². The molecule has 0 saturated heterocycles. The van der Waals surface area contributed by atoms with Crippen LogP contribution in [0.3, 0.4) is 0 Å². The Balaban J connectivity index is 3.05. The minimum atomic E-state index is -3.51. The molecule has 0 aromatic carbocycles. The van der Waals surface area contributed by atoms with Gasteiger partial charge in [0.1, 0.15) is 0 Å². The monoisotopic (exact) mass is 263 g/mol. The molecule has 0 radical (unpaired) electrons. The van der Waals surface area contributed by atoms with Crippen molar-refractivity contribution in [1.82, 2.24) is 0 Å². The number of thiophene rings is 1. The molecule has 1 N–H and O–H groups in total. The van der Waals surface area contributed by atoms with Gasteiger partial charge in [0, 0.05) is 0 Å². The molecule has 0 atom stereocenters. The normalized spacial score (nSPS) is 13.0. The van der Waals surface area contributed by atoms with Gasteiger partial charge in [0.25, 0.3) is 0 Å². The summed E-state index contributed by atoms with van der Waals surface area (Å²) in [4.78, 5) is 0.577. The summed E-state index contributed by atoms with van der Waals surface area (Å²) in [5.41, 5.74) is -0.0359. The fourth-order valence-electron chi connectivity index (χ4n) is 1.14. The number of hydrogen-bond donors (Lipinski definition) is 1. The molecule has 0 aliphatic carbocycles. The highest BCUT2D eigenvalue weighted by molar-refractivity contribution is 7.73. The fourth-order valence-corrected chi connectivity index (χ4v) is 3.70. The Morgan fingerprint density at radius 1 is 1.50 bits per heavy atom. The van der Waals surface area contributed by atoms with E-state index in [2.05, 4.69) is 5.16 Å². The lowest BCUT2D eigenvalue weighted by molar-refractivity contribution is 0.230. The van der Waals surface area contributed by atoms with Gasteiger partial charge >= 0.3 is 7.60 Å². The van der Waals surface area contributed by atoms with Crippen LogP contribution in [0.25, 0.3) is 0 Å². The second kappa shape index (κ2) is 6.15. The van der Waals surface area contributed by atoms with E-state index in [4.69, 9.17) is 14.3 Å². The molecule has 1 aromatic heterocycles. The van der Waals surface area contributed by atoms with Crippen molar-refractivity contribution in [2.24, 2.45) is 5.16 Å². The highest BCUT2D eigenvalue weighted by Gasteiger charge is 2.34. The first-order valence-corrected chi connectivity index (χ1v) is 7.25. The zero-order chi connectivity index (χ0) is 12.0. The highest BCUT2D eigenvalue weighted by atomic mass is 32.1. The predicted octanol–water partition coefficient (Wildman–Crippen LogP) is 3.15. The molecule has 1 heterocycles. The van der Waals surface area contributed by atoms with Crippen LogP contribution in [-0.2, 0) is 13.6 Å². The smallest absolute Gasteiger partial charge is 0.384 e. The van der Waals surface area contributed by atoms with Gasteiger partial charge < -0.3 is 14.3 Å². The predicted molar refractivity (Wildman–Crippen MR) is 63.5 cm³/mol. The lowest BCUT2D eigenvalue weighted by Crippen LogP contribution is -2.07. The summed E-state index contributed by atoms with van der Waals surface area (Å²) in [5.74, 6) is 0. The fraction of sp³-hybridized carbons (Fsp3) is 0.444.